The zero-order chi connectivity index (χ0) is 15.0. The molecule has 2 saturated heterocycles. The fourth-order valence-corrected chi connectivity index (χ4v) is 4.31. The molecule has 2 amide bonds. The predicted octanol–water partition coefficient (Wildman–Crippen LogP) is 1.81. The highest BCUT2D eigenvalue weighted by Gasteiger charge is 2.49. The van der Waals surface area contributed by atoms with Crippen molar-refractivity contribution in [2.75, 3.05) is 6.54 Å². The summed E-state index contributed by atoms with van der Waals surface area (Å²) < 4.78 is 0. The Labute approximate surface area is 124 Å². The number of carbonyl (C=O) groups is 2. The number of likely N-dealkylation sites (tertiary alicyclic amines) is 2. The number of hydrogen-bond acceptors (Lipinski definition) is 3. The average molecular weight is 291 g/mol. The zero-order valence-electron chi connectivity index (χ0n) is 12.1. The third-order valence-corrected chi connectivity index (χ3v) is 5.28. The molecule has 4 atom stereocenters. The average Bonchev–Trinajstić information content (AvgIpc) is 3.10. The van der Waals surface area contributed by atoms with Crippen molar-refractivity contribution in [1.29, 1.82) is 5.26 Å². The summed E-state index contributed by atoms with van der Waals surface area (Å²) in [6.45, 7) is 0.580. The smallest absolute Gasteiger partial charge is 0.408 e. The number of hydrogen-bond donors (Lipinski definition) is 1. The van der Waals surface area contributed by atoms with Crippen LogP contribution in [0.25, 0.3) is 0 Å². The molecular weight excluding hydrogens is 270 g/mol. The maximum atomic E-state index is 12.7. The van der Waals surface area contributed by atoms with Crippen molar-refractivity contribution in [1.82, 2.24) is 9.80 Å². The first kappa shape index (κ1) is 14.2. The van der Waals surface area contributed by atoms with Gasteiger partial charge in [-0.05, 0) is 38.0 Å². The van der Waals surface area contributed by atoms with Gasteiger partial charge in [0.25, 0.3) is 0 Å². The van der Waals surface area contributed by atoms with Gasteiger partial charge in [0.15, 0.2) is 0 Å². The number of amides is 2. The molecule has 2 aliphatic heterocycles. The molecule has 0 bridgehead atoms. The molecule has 1 saturated carbocycles. The van der Waals surface area contributed by atoms with Crippen molar-refractivity contribution in [3.8, 4) is 6.07 Å². The van der Waals surface area contributed by atoms with E-state index in [1.54, 1.807) is 4.90 Å². The standard InChI is InChI=1S/C15H21N3O3/c16-9-11-5-3-7-17(11)14(19)13-8-10-4-1-2-6-12(10)18(13)15(20)21/h10-13H,1-8H2,(H,20,21)/t10-,11+,12+,13+/m1/s1. The van der Waals surface area contributed by atoms with E-state index in [0.29, 0.717) is 25.3 Å². The maximum absolute atomic E-state index is 12.7. The van der Waals surface area contributed by atoms with Crippen LogP contribution in [0.5, 0.6) is 0 Å². The van der Waals surface area contributed by atoms with Crippen LogP contribution < -0.4 is 0 Å². The Bertz CT molecular complexity index is 487. The fraction of sp³-hybridized carbons (Fsp3) is 0.800. The number of fused-ring (bicyclic) bond motifs is 1. The van der Waals surface area contributed by atoms with Gasteiger partial charge >= 0.3 is 6.09 Å². The van der Waals surface area contributed by atoms with E-state index in [0.717, 1.165) is 32.1 Å². The monoisotopic (exact) mass is 291 g/mol. The highest BCUT2D eigenvalue weighted by atomic mass is 16.4. The summed E-state index contributed by atoms with van der Waals surface area (Å²) in [7, 11) is 0. The van der Waals surface area contributed by atoms with Crippen molar-refractivity contribution in [3.63, 3.8) is 0 Å². The molecule has 0 spiro atoms. The Balaban J connectivity index is 1.81. The van der Waals surface area contributed by atoms with Crippen LogP contribution in [-0.2, 0) is 4.79 Å². The number of nitriles is 1. The number of carboxylic acid groups (broad SMARTS) is 1. The summed E-state index contributed by atoms with van der Waals surface area (Å²) in [5, 5.41) is 18.7. The molecule has 0 unspecified atom stereocenters. The van der Waals surface area contributed by atoms with Crippen LogP contribution in [0.2, 0.25) is 0 Å². The molecule has 3 rings (SSSR count). The summed E-state index contributed by atoms with van der Waals surface area (Å²) >= 11 is 0. The minimum absolute atomic E-state index is 0.00617. The van der Waals surface area contributed by atoms with Gasteiger partial charge in [0.2, 0.25) is 5.91 Å². The Hall–Kier alpha value is -1.77. The lowest BCUT2D eigenvalue weighted by Gasteiger charge is -2.32. The van der Waals surface area contributed by atoms with Gasteiger partial charge in [-0.3, -0.25) is 9.69 Å². The van der Waals surface area contributed by atoms with Gasteiger partial charge in [0, 0.05) is 12.6 Å². The fourth-order valence-electron chi connectivity index (χ4n) is 4.31. The van der Waals surface area contributed by atoms with Gasteiger partial charge in [-0.1, -0.05) is 12.8 Å². The second-order valence-corrected chi connectivity index (χ2v) is 6.37. The summed E-state index contributed by atoms with van der Waals surface area (Å²) in [6, 6.07) is 1.20. The highest BCUT2D eigenvalue weighted by Crippen LogP contribution is 2.40. The van der Waals surface area contributed by atoms with Crippen LogP contribution in [0.1, 0.15) is 44.9 Å². The van der Waals surface area contributed by atoms with Gasteiger partial charge in [0.1, 0.15) is 12.1 Å². The first-order chi connectivity index (χ1) is 10.1. The Morgan fingerprint density at radius 1 is 1.14 bits per heavy atom. The summed E-state index contributed by atoms with van der Waals surface area (Å²) in [4.78, 5) is 27.4. The van der Waals surface area contributed by atoms with Crippen LogP contribution in [0, 0.1) is 17.2 Å². The van der Waals surface area contributed by atoms with Crippen molar-refractivity contribution >= 4 is 12.0 Å². The Morgan fingerprint density at radius 3 is 2.62 bits per heavy atom. The lowest BCUT2D eigenvalue weighted by Crippen LogP contribution is -2.51. The SMILES string of the molecule is N#C[C@@H]1CCCN1C(=O)[C@@H]1C[C@H]2CCCC[C@@H]2N1C(=O)O. The molecule has 0 aromatic heterocycles. The van der Waals surface area contributed by atoms with Gasteiger partial charge in [0.05, 0.1) is 6.07 Å². The van der Waals surface area contributed by atoms with Gasteiger partial charge in [-0.2, -0.15) is 5.26 Å². The van der Waals surface area contributed by atoms with E-state index < -0.39 is 12.1 Å². The molecule has 0 aromatic carbocycles. The van der Waals surface area contributed by atoms with E-state index in [4.69, 9.17) is 5.26 Å². The number of carbonyl (C=O) groups excluding carboxylic acids is 1. The van der Waals surface area contributed by atoms with Gasteiger partial charge < -0.3 is 10.0 Å². The summed E-state index contributed by atoms with van der Waals surface area (Å²) in [6.07, 6.45) is 5.21. The molecule has 6 nitrogen and oxygen atoms in total. The van der Waals surface area contributed by atoms with E-state index in [2.05, 4.69) is 6.07 Å². The lowest BCUT2D eigenvalue weighted by molar-refractivity contribution is -0.135. The van der Waals surface area contributed by atoms with E-state index >= 15 is 0 Å². The van der Waals surface area contributed by atoms with E-state index in [-0.39, 0.29) is 18.0 Å². The molecule has 6 heteroatoms. The van der Waals surface area contributed by atoms with Crippen LogP contribution in [-0.4, -0.2) is 51.6 Å². The third-order valence-electron chi connectivity index (χ3n) is 5.28. The van der Waals surface area contributed by atoms with Crippen LogP contribution in [0.3, 0.4) is 0 Å². The molecule has 0 radical (unpaired) electrons. The number of nitrogens with zero attached hydrogens (tertiary/aromatic N) is 3. The topological polar surface area (TPSA) is 84.6 Å². The number of rotatable bonds is 1. The van der Waals surface area contributed by atoms with E-state index in [1.807, 2.05) is 0 Å². The van der Waals surface area contributed by atoms with Crippen molar-refractivity contribution in [2.45, 2.75) is 63.1 Å². The highest BCUT2D eigenvalue weighted by molar-refractivity contribution is 5.87. The molecule has 2 heterocycles. The predicted molar refractivity (Wildman–Crippen MR) is 74.4 cm³/mol. The zero-order valence-corrected chi connectivity index (χ0v) is 12.1. The quantitative estimate of drug-likeness (QED) is 0.798. The molecule has 1 aliphatic carbocycles. The lowest BCUT2D eigenvalue weighted by atomic mass is 9.85. The van der Waals surface area contributed by atoms with Crippen LogP contribution >= 0.6 is 0 Å². The van der Waals surface area contributed by atoms with Crippen molar-refractivity contribution < 1.29 is 14.7 Å². The summed E-state index contributed by atoms with van der Waals surface area (Å²) in [5.74, 6) is 0.155. The molecule has 21 heavy (non-hydrogen) atoms. The largest absolute Gasteiger partial charge is 0.465 e. The Kier molecular flexibility index (Phi) is 3.75. The van der Waals surface area contributed by atoms with E-state index in [1.165, 1.54) is 4.90 Å². The second kappa shape index (κ2) is 5.55. The van der Waals surface area contributed by atoms with Gasteiger partial charge in [-0.15, -0.1) is 0 Å². The molecular formula is C15H21N3O3. The minimum atomic E-state index is -0.990. The molecule has 3 aliphatic rings. The third kappa shape index (κ3) is 2.35. The summed E-state index contributed by atoms with van der Waals surface area (Å²) in [5.41, 5.74) is 0. The first-order valence-corrected chi connectivity index (χ1v) is 7.85. The van der Waals surface area contributed by atoms with Gasteiger partial charge in [-0.25, -0.2) is 4.79 Å². The van der Waals surface area contributed by atoms with Crippen molar-refractivity contribution in [3.05, 3.63) is 0 Å². The normalized spacial score (nSPS) is 35.4. The molecule has 0 aromatic rings. The molecule has 114 valence electrons. The van der Waals surface area contributed by atoms with E-state index in [9.17, 15) is 14.7 Å². The minimum Gasteiger partial charge on any atom is -0.465 e. The van der Waals surface area contributed by atoms with Crippen LogP contribution in [0.15, 0.2) is 0 Å². The molecule has 3 fully saturated rings. The maximum Gasteiger partial charge on any atom is 0.408 e. The Morgan fingerprint density at radius 2 is 1.90 bits per heavy atom. The molecule has 1 N–H and O–H groups in total. The first-order valence-electron chi connectivity index (χ1n) is 7.85. The van der Waals surface area contributed by atoms with Crippen LogP contribution in [0.4, 0.5) is 4.79 Å². The van der Waals surface area contributed by atoms with Crippen molar-refractivity contribution in [2.24, 2.45) is 5.92 Å². The second-order valence-electron chi connectivity index (χ2n) is 6.37.